The molecule has 0 aliphatic rings. The van der Waals surface area contributed by atoms with E-state index in [4.69, 9.17) is 25.1 Å². The number of aliphatic carboxylic acids is 1. The molecule has 0 aliphatic carbocycles. The smallest absolute Gasteiger partial charge is 0.324 e. The predicted molar refractivity (Wildman–Crippen MR) is 65.4 cm³/mol. The van der Waals surface area contributed by atoms with Crippen molar-refractivity contribution in [1.29, 1.82) is 0 Å². The van der Waals surface area contributed by atoms with Crippen molar-refractivity contribution in [1.82, 2.24) is 0 Å². The van der Waals surface area contributed by atoms with Gasteiger partial charge in [-0.05, 0) is 24.6 Å². The number of rotatable bonds is 6. The van der Waals surface area contributed by atoms with E-state index in [0.717, 1.165) is 5.56 Å². The summed E-state index contributed by atoms with van der Waals surface area (Å²) in [6, 6.07) is 2.44. The Kier molecular flexibility index (Phi) is 4.79. The Labute approximate surface area is 105 Å². The Hall–Kier alpha value is -1.95. The van der Waals surface area contributed by atoms with Crippen LogP contribution in [0.3, 0.4) is 0 Å². The van der Waals surface area contributed by atoms with Crippen molar-refractivity contribution in [2.75, 3.05) is 20.8 Å². The standard InChI is InChI=1S/C12H17NO5/c1-7-4-9(16-2)11(10(5-7)17-3)18-6-8(13)12(14)15/h4-5,8H,6,13H2,1-3H3,(H,14,15). The summed E-state index contributed by atoms with van der Waals surface area (Å²) in [5.41, 5.74) is 6.31. The Morgan fingerprint density at radius 1 is 1.33 bits per heavy atom. The Morgan fingerprint density at radius 2 is 1.83 bits per heavy atom. The van der Waals surface area contributed by atoms with Gasteiger partial charge in [0.25, 0.3) is 0 Å². The number of carboxylic acid groups (broad SMARTS) is 1. The van der Waals surface area contributed by atoms with Crippen molar-refractivity contribution in [2.45, 2.75) is 13.0 Å². The van der Waals surface area contributed by atoms with Gasteiger partial charge in [-0.2, -0.15) is 0 Å². The molecular formula is C12H17NO5. The van der Waals surface area contributed by atoms with Crippen LogP contribution in [-0.2, 0) is 4.79 Å². The van der Waals surface area contributed by atoms with E-state index >= 15 is 0 Å². The van der Waals surface area contributed by atoms with Crippen LogP contribution in [-0.4, -0.2) is 37.9 Å². The van der Waals surface area contributed by atoms with Gasteiger partial charge < -0.3 is 25.1 Å². The highest BCUT2D eigenvalue weighted by molar-refractivity contribution is 5.73. The lowest BCUT2D eigenvalue weighted by atomic mass is 10.2. The minimum Gasteiger partial charge on any atom is -0.493 e. The highest BCUT2D eigenvalue weighted by Gasteiger charge is 2.17. The number of methoxy groups -OCH3 is 2. The Balaban J connectivity index is 2.95. The van der Waals surface area contributed by atoms with E-state index in [1.807, 2.05) is 6.92 Å². The number of ether oxygens (including phenoxy) is 3. The number of benzene rings is 1. The topological polar surface area (TPSA) is 91.0 Å². The molecule has 18 heavy (non-hydrogen) atoms. The van der Waals surface area contributed by atoms with E-state index in [1.54, 1.807) is 12.1 Å². The van der Waals surface area contributed by atoms with Crippen molar-refractivity contribution < 1.29 is 24.1 Å². The van der Waals surface area contributed by atoms with Gasteiger partial charge in [-0.3, -0.25) is 4.79 Å². The minimum atomic E-state index is -1.12. The van der Waals surface area contributed by atoms with Crippen LogP contribution in [0.5, 0.6) is 17.2 Å². The van der Waals surface area contributed by atoms with Crippen LogP contribution >= 0.6 is 0 Å². The highest BCUT2D eigenvalue weighted by atomic mass is 16.5. The van der Waals surface area contributed by atoms with Crippen molar-refractivity contribution >= 4 is 5.97 Å². The zero-order chi connectivity index (χ0) is 13.7. The van der Waals surface area contributed by atoms with Gasteiger partial charge in [0.2, 0.25) is 5.75 Å². The zero-order valence-corrected chi connectivity index (χ0v) is 10.6. The maximum Gasteiger partial charge on any atom is 0.324 e. The SMILES string of the molecule is COc1cc(C)cc(OC)c1OCC(N)C(=O)O. The summed E-state index contributed by atoms with van der Waals surface area (Å²) < 4.78 is 15.7. The molecule has 100 valence electrons. The van der Waals surface area contributed by atoms with Crippen molar-refractivity contribution in [3.8, 4) is 17.2 Å². The largest absolute Gasteiger partial charge is 0.493 e. The fourth-order valence-corrected chi connectivity index (χ4v) is 1.40. The first-order valence-corrected chi connectivity index (χ1v) is 5.33. The second kappa shape index (κ2) is 6.11. The van der Waals surface area contributed by atoms with Gasteiger partial charge in [0.05, 0.1) is 14.2 Å². The number of nitrogens with two attached hydrogens (primary N) is 1. The monoisotopic (exact) mass is 255 g/mol. The molecule has 0 fully saturated rings. The maximum atomic E-state index is 10.6. The molecule has 0 amide bonds. The number of carboxylic acids is 1. The third-order valence-corrected chi connectivity index (χ3v) is 2.33. The second-order valence-electron chi connectivity index (χ2n) is 3.75. The first kappa shape index (κ1) is 14.1. The predicted octanol–water partition coefficient (Wildman–Crippen LogP) is 0.803. The second-order valence-corrected chi connectivity index (χ2v) is 3.75. The fraction of sp³-hybridized carbons (Fsp3) is 0.417. The average Bonchev–Trinajstić information content (AvgIpc) is 2.35. The summed E-state index contributed by atoms with van der Waals surface area (Å²) in [6.45, 7) is 1.73. The van der Waals surface area contributed by atoms with Crippen LogP contribution in [0.1, 0.15) is 5.56 Å². The quantitative estimate of drug-likeness (QED) is 0.781. The first-order chi connectivity index (χ1) is 8.49. The third kappa shape index (κ3) is 3.27. The summed E-state index contributed by atoms with van der Waals surface area (Å²) in [7, 11) is 3.00. The molecule has 6 nitrogen and oxygen atoms in total. The van der Waals surface area contributed by atoms with Gasteiger partial charge in [0.15, 0.2) is 11.5 Å². The molecular weight excluding hydrogens is 238 g/mol. The summed E-state index contributed by atoms with van der Waals surface area (Å²) >= 11 is 0. The average molecular weight is 255 g/mol. The summed E-state index contributed by atoms with van der Waals surface area (Å²) in [5, 5.41) is 8.69. The van der Waals surface area contributed by atoms with E-state index in [0.29, 0.717) is 17.2 Å². The Bertz CT molecular complexity index is 407. The fourth-order valence-electron chi connectivity index (χ4n) is 1.40. The van der Waals surface area contributed by atoms with E-state index in [1.165, 1.54) is 14.2 Å². The number of hydrogen-bond acceptors (Lipinski definition) is 5. The number of carbonyl (C=O) groups is 1. The van der Waals surface area contributed by atoms with Crippen LogP contribution in [0.25, 0.3) is 0 Å². The van der Waals surface area contributed by atoms with Crippen LogP contribution in [0, 0.1) is 6.92 Å². The summed E-state index contributed by atoms with van der Waals surface area (Å²) in [6.07, 6.45) is 0. The van der Waals surface area contributed by atoms with Crippen LogP contribution < -0.4 is 19.9 Å². The maximum absolute atomic E-state index is 10.6. The van der Waals surface area contributed by atoms with E-state index < -0.39 is 12.0 Å². The molecule has 1 aromatic carbocycles. The zero-order valence-electron chi connectivity index (χ0n) is 10.6. The van der Waals surface area contributed by atoms with Crippen molar-refractivity contribution in [3.63, 3.8) is 0 Å². The van der Waals surface area contributed by atoms with Gasteiger partial charge in [0, 0.05) is 0 Å². The van der Waals surface area contributed by atoms with Crippen LogP contribution in [0.15, 0.2) is 12.1 Å². The molecule has 0 heterocycles. The van der Waals surface area contributed by atoms with Crippen LogP contribution in [0.2, 0.25) is 0 Å². The molecule has 6 heteroatoms. The molecule has 0 spiro atoms. The molecule has 3 N–H and O–H groups in total. The lowest BCUT2D eigenvalue weighted by Crippen LogP contribution is -2.36. The van der Waals surface area contributed by atoms with E-state index in [-0.39, 0.29) is 6.61 Å². The Morgan fingerprint density at radius 3 is 2.22 bits per heavy atom. The van der Waals surface area contributed by atoms with E-state index in [2.05, 4.69) is 0 Å². The molecule has 0 saturated heterocycles. The molecule has 0 saturated carbocycles. The summed E-state index contributed by atoms with van der Waals surface area (Å²) in [5.74, 6) is 0.177. The van der Waals surface area contributed by atoms with Gasteiger partial charge in [-0.25, -0.2) is 0 Å². The molecule has 1 atom stereocenters. The number of aryl methyl sites for hydroxylation is 1. The molecule has 0 bridgehead atoms. The first-order valence-electron chi connectivity index (χ1n) is 5.33. The lowest BCUT2D eigenvalue weighted by Gasteiger charge is -2.16. The van der Waals surface area contributed by atoms with Crippen LogP contribution in [0.4, 0.5) is 0 Å². The molecule has 1 rings (SSSR count). The van der Waals surface area contributed by atoms with Gasteiger partial charge in [-0.15, -0.1) is 0 Å². The molecule has 0 aliphatic heterocycles. The van der Waals surface area contributed by atoms with Crippen molar-refractivity contribution in [3.05, 3.63) is 17.7 Å². The lowest BCUT2D eigenvalue weighted by molar-refractivity contribution is -0.139. The third-order valence-electron chi connectivity index (χ3n) is 2.33. The highest BCUT2D eigenvalue weighted by Crippen LogP contribution is 2.38. The molecule has 0 radical (unpaired) electrons. The minimum absolute atomic E-state index is 0.162. The van der Waals surface area contributed by atoms with E-state index in [9.17, 15) is 4.79 Å². The summed E-state index contributed by atoms with van der Waals surface area (Å²) in [4.78, 5) is 10.6. The molecule has 0 aromatic heterocycles. The van der Waals surface area contributed by atoms with Gasteiger partial charge in [0.1, 0.15) is 12.6 Å². The van der Waals surface area contributed by atoms with Crippen molar-refractivity contribution in [2.24, 2.45) is 5.73 Å². The van der Waals surface area contributed by atoms with Gasteiger partial charge >= 0.3 is 5.97 Å². The normalized spacial score (nSPS) is 11.8. The molecule has 1 aromatic rings. The van der Waals surface area contributed by atoms with Gasteiger partial charge in [-0.1, -0.05) is 0 Å². The molecule has 1 unspecified atom stereocenters. The number of hydrogen-bond donors (Lipinski definition) is 2.